The van der Waals surface area contributed by atoms with Crippen LogP contribution in [0.2, 0.25) is 0 Å². The van der Waals surface area contributed by atoms with E-state index in [0.29, 0.717) is 17.8 Å². The third-order valence-electron chi connectivity index (χ3n) is 5.40. The van der Waals surface area contributed by atoms with Gasteiger partial charge in [-0.15, -0.1) is 0 Å². The van der Waals surface area contributed by atoms with E-state index in [0.717, 1.165) is 51.1 Å². The van der Waals surface area contributed by atoms with E-state index in [4.69, 9.17) is 4.74 Å². The summed E-state index contributed by atoms with van der Waals surface area (Å²) in [7, 11) is 1.57. The number of rotatable bonds is 5. The number of carbonyl (C=O) groups is 1. The van der Waals surface area contributed by atoms with Crippen LogP contribution in [0, 0.1) is 5.92 Å². The lowest BCUT2D eigenvalue weighted by Gasteiger charge is -2.26. The SMILES string of the molecule is COc1ncc(CN2CCCN(C(=O)CC3CCCCC3)CC2)cn1. The first-order valence-corrected chi connectivity index (χ1v) is 9.59. The number of hydrogen-bond donors (Lipinski definition) is 0. The molecule has 6 nitrogen and oxygen atoms in total. The fraction of sp³-hybridized carbons (Fsp3) is 0.737. The molecule has 1 aromatic heterocycles. The van der Waals surface area contributed by atoms with E-state index < -0.39 is 0 Å². The fourth-order valence-electron chi connectivity index (χ4n) is 3.93. The standard InChI is InChI=1S/C19H30N4O2/c1-25-19-20-13-17(14-21-19)15-22-8-5-9-23(11-10-22)18(24)12-16-6-3-2-4-7-16/h13-14,16H,2-12,15H2,1H3. The normalized spacial score (nSPS) is 20.3. The Balaban J connectivity index is 1.46. The van der Waals surface area contributed by atoms with Gasteiger partial charge in [-0.25, -0.2) is 9.97 Å². The van der Waals surface area contributed by atoms with Gasteiger partial charge in [-0.2, -0.15) is 0 Å². The zero-order valence-electron chi connectivity index (χ0n) is 15.3. The van der Waals surface area contributed by atoms with Gasteiger partial charge in [-0.1, -0.05) is 19.3 Å². The van der Waals surface area contributed by atoms with Crippen molar-refractivity contribution in [1.29, 1.82) is 0 Å². The predicted molar refractivity (Wildman–Crippen MR) is 96.3 cm³/mol. The maximum absolute atomic E-state index is 12.6. The highest BCUT2D eigenvalue weighted by molar-refractivity contribution is 5.76. The Labute approximate surface area is 150 Å². The van der Waals surface area contributed by atoms with E-state index >= 15 is 0 Å². The third-order valence-corrected chi connectivity index (χ3v) is 5.40. The summed E-state index contributed by atoms with van der Waals surface area (Å²) in [6.07, 6.45) is 11.9. The number of amides is 1. The van der Waals surface area contributed by atoms with E-state index in [9.17, 15) is 4.79 Å². The second-order valence-corrected chi connectivity index (χ2v) is 7.30. The van der Waals surface area contributed by atoms with Gasteiger partial charge in [-0.05, 0) is 25.2 Å². The van der Waals surface area contributed by atoms with E-state index in [1.807, 2.05) is 12.4 Å². The van der Waals surface area contributed by atoms with Crippen molar-refractivity contribution < 1.29 is 9.53 Å². The second kappa shape index (κ2) is 9.13. The minimum atomic E-state index is 0.363. The molecule has 0 atom stereocenters. The first-order valence-electron chi connectivity index (χ1n) is 9.59. The predicted octanol–water partition coefficient (Wildman–Crippen LogP) is 2.49. The van der Waals surface area contributed by atoms with Crippen molar-refractivity contribution in [1.82, 2.24) is 19.8 Å². The van der Waals surface area contributed by atoms with Crippen molar-refractivity contribution in [2.45, 2.75) is 51.5 Å². The Bertz CT molecular complexity index is 543. The van der Waals surface area contributed by atoms with E-state index in [-0.39, 0.29) is 0 Å². The lowest BCUT2D eigenvalue weighted by molar-refractivity contribution is -0.132. The molecule has 2 heterocycles. The average Bonchev–Trinajstić information content (AvgIpc) is 2.89. The van der Waals surface area contributed by atoms with Crippen molar-refractivity contribution in [2.24, 2.45) is 5.92 Å². The van der Waals surface area contributed by atoms with Gasteiger partial charge in [0.05, 0.1) is 7.11 Å². The maximum atomic E-state index is 12.6. The summed E-state index contributed by atoms with van der Waals surface area (Å²) >= 11 is 0. The monoisotopic (exact) mass is 346 g/mol. The Morgan fingerprint density at radius 2 is 1.84 bits per heavy atom. The number of methoxy groups -OCH3 is 1. The molecule has 1 aliphatic carbocycles. The van der Waals surface area contributed by atoms with E-state index in [2.05, 4.69) is 19.8 Å². The van der Waals surface area contributed by atoms with Gasteiger partial charge in [0.15, 0.2) is 0 Å². The fourth-order valence-corrected chi connectivity index (χ4v) is 3.93. The van der Waals surface area contributed by atoms with Crippen LogP contribution in [0.1, 0.15) is 50.5 Å². The summed E-state index contributed by atoms with van der Waals surface area (Å²) in [5.41, 5.74) is 1.09. The molecule has 0 bridgehead atoms. The summed E-state index contributed by atoms with van der Waals surface area (Å²) in [6.45, 7) is 4.49. The van der Waals surface area contributed by atoms with E-state index in [1.54, 1.807) is 7.11 Å². The van der Waals surface area contributed by atoms with Gasteiger partial charge in [0, 0.05) is 57.1 Å². The molecule has 0 radical (unpaired) electrons. The highest BCUT2D eigenvalue weighted by Crippen LogP contribution is 2.27. The van der Waals surface area contributed by atoms with Crippen LogP contribution in [0.25, 0.3) is 0 Å². The molecule has 1 aliphatic heterocycles. The van der Waals surface area contributed by atoms with Crippen LogP contribution in [0.15, 0.2) is 12.4 Å². The molecule has 0 spiro atoms. The first kappa shape index (κ1) is 18.1. The maximum Gasteiger partial charge on any atom is 0.316 e. The molecule has 6 heteroatoms. The molecule has 2 aliphatic rings. The number of ether oxygens (including phenoxy) is 1. The molecule has 0 unspecified atom stereocenters. The van der Waals surface area contributed by atoms with Crippen LogP contribution in [0.4, 0.5) is 0 Å². The third kappa shape index (κ3) is 5.39. The summed E-state index contributed by atoms with van der Waals surface area (Å²) < 4.78 is 5.00. The molecule has 2 fully saturated rings. The van der Waals surface area contributed by atoms with Crippen molar-refractivity contribution in [2.75, 3.05) is 33.3 Å². The molecular weight excluding hydrogens is 316 g/mol. The molecule has 1 amide bonds. The lowest BCUT2D eigenvalue weighted by atomic mass is 9.86. The molecule has 0 N–H and O–H groups in total. The molecule has 138 valence electrons. The zero-order chi connectivity index (χ0) is 17.5. The van der Waals surface area contributed by atoms with Gasteiger partial charge in [0.2, 0.25) is 5.91 Å². The highest BCUT2D eigenvalue weighted by atomic mass is 16.5. The Morgan fingerprint density at radius 3 is 2.56 bits per heavy atom. The smallest absolute Gasteiger partial charge is 0.316 e. The molecule has 3 rings (SSSR count). The van der Waals surface area contributed by atoms with Gasteiger partial charge >= 0.3 is 6.01 Å². The Morgan fingerprint density at radius 1 is 1.08 bits per heavy atom. The van der Waals surface area contributed by atoms with Crippen LogP contribution in [-0.2, 0) is 11.3 Å². The number of hydrogen-bond acceptors (Lipinski definition) is 5. The highest BCUT2D eigenvalue weighted by Gasteiger charge is 2.23. The molecule has 1 aromatic rings. The van der Waals surface area contributed by atoms with Gasteiger partial charge in [0.25, 0.3) is 0 Å². The molecule has 1 saturated heterocycles. The number of nitrogens with zero attached hydrogens (tertiary/aromatic N) is 4. The zero-order valence-corrected chi connectivity index (χ0v) is 15.3. The largest absolute Gasteiger partial charge is 0.467 e. The van der Waals surface area contributed by atoms with Crippen molar-refractivity contribution in [3.8, 4) is 6.01 Å². The van der Waals surface area contributed by atoms with Gasteiger partial charge in [0.1, 0.15) is 0 Å². The molecule has 0 aromatic carbocycles. The van der Waals surface area contributed by atoms with Crippen molar-refractivity contribution in [3.63, 3.8) is 0 Å². The minimum absolute atomic E-state index is 0.363. The summed E-state index contributed by atoms with van der Waals surface area (Å²) in [6, 6.07) is 0.402. The summed E-state index contributed by atoms with van der Waals surface area (Å²) in [5.74, 6) is 0.985. The van der Waals surface area contributed by atoms with Crippen LogP contribution in [0.5, 0.6) is 6.01 Å². The Kier molecular flexibility index (Phi) is 6.62. The minimum Gasteiger partial charge on any atom is -0.467 e. The molecule has 25 heavy (non-hydrogen) atoms. The van der Waals surface area contributed by atoms with Crippen LogP contribution >= 0.6 is 0 Å². The quantitative estimate of drug-likeness (QED) is 0.820. The van der Waals surface area contributed by atoms with E-state index in [1.165, 1.54) is 32.1 Å². The number of carbonyl (C=O) groups excluding carboxylic acids is 1. The Hall–Kier alpha value is -1.69. The summed E-state index contributed by atoms with van der Waals surface area (Å²) in [5, 5.41) is 0. The summed E-state index contributed by atoms with van der Waals surface area (Å²) in [4.78, 5) is 25.4. The molecular formula is C19H30N4O2. The van der Waals surface area contributed by atoms with Crippen LogP contribution < -0.4 is 4.74 Å². The van der Waals surface area contributed by atoms with Gasteiger partial charge in [-0.3, -0.25) is 9.69 Å². The second-order valence-electron chi connectivity index (χ2n) is 7.30. The average molecular weight is 346 g/mol. The van der Waals surface area contributed by atoms with Crippen LogP contribution in [-0.4, -0.2) is 59.0 Å². The first-order chi connectivity index (χ1) is 12.2. The molecule has 1 saturated carbocycles. The number of aromatic nitrogens is 2. The van der Waals surface area contributed by atoms with Crippen molar-refractivity contribution in [3.05, 3.63) is 18.0 Å². The van der Waals surface area contributed by atoms with Crippen molar-refractivity contribution >= 4 is 5.91 Å². The van der Waals surface area contributed by atoms with Gasteiger partial charge < -0.3 is 9.64 Å². The lowest BCUT2D eigenvalue weighted by Crippen LogP contribution is -2.36. The van der Waals surface area contributed by atoms with Crippen LogP contribution in [0.3, 0.4) is 0 Å². The topological polar surface area (TPSA) is 58.6 Å².